The summed E-state index contributed by atoms with van der Waals surface area (Å²) in [6, 6.07) is 12.2. The first-order valence-electron chi connectivity index (χ1n) is 9.63. The maximum Gasteiger partial charge on any atom is 0.334 e. The van der Waals surface area contributed by atoms with Crippen LogP contribution in [0.15, 0.2) is 53.4 Å². The van der Waals surface area contributed by atoms with E-state index in [1.807, 2.05) is 6.92 Å². The zero-order valence-corrected chi connectivity index (χ0v) is 17.8. The summed E-state index contributed by atoms with van der Waals surface area (Å²) in [5.41, 5.74) is 1.34. The number of rotatable bonds is 6. The number of hydrogen-bond donors (Lipinski definition) is 1. The third kappa shape index (κ3) is 4.91. The molecular formula is C21H25N3O5S. The van der Waals surface area contributed by atoms with Gasteiger partial charge in [-0.1, -0.05) is 23.8 Å². The summed E-state index contributed by atoms with van der Waals surface area (Å²) < 4.78 is 32.2. The van der Waals surface area contributed by atoms with Crippen molar-refractivity contribution in [1.82, 2.24) is 9.21 Å². The van der Waals surface area contributed by atoms with Gasteiger partial charge >= 0.3 is 6.03 Å². The van der Waals surface area contributed by atoms with E-state index >= 15 is 0 Å². The Morgan fingerprint density at radius 3 is 2.40 bits per heavy atom. The van der Waals surface area contributed by atoms with Gasteiger partial charge in [-0.25, -0.2) is 17.5 Å². The number of nitrogens with one attached hydrogen (secondary N) is 1. The Bertz CT molecular complexity index is 1020. The highest BCUT2D eigenvalue weighted by Crippen LogP contribution is 2.21. The van der Waals surface area contributed by atoms with Crippen LogP contribution in [0.2, 0.25) is 0 Å². The molecule has 0 aromatic heterocycles. The second kappa shape index (κ2) is 9.17. The molecule has 0 aliphatic carbocycles. The zero-order valence-electron chi connectivity index (χ0n) is 17.0. The number of methoxy groups -OCH3 is 1. The summed E-state index contributed by atoms with van der Waals surface area (Å²) in [5, 5.41) is 2.63. The van der Waals surface area contributed by atoms with Crippen molar-refractivity contribution in [3.05, 3.63) is 54.1 Å². The molecule has 8 nitrogen and oxygen atoms in total. The van der Waals surface area contributed by atoms with Crippen molar-refractivity contribution < 1.29 is 22.7 Å². The molecule has 0 unspecified atom stereocenters. The van der Waals surface area contributed by atoms with Crippen LogP contribution in [-0.4, -0.2) is 56.3 Å². The van der Waals surface area contributed by atoms with Gasteiger partial charge in [0, 0.05) is 24.8 Å². The molecule has 1 saturated heterocycles. The molecule has 0 spiro atoms. The number of amides is 3. The Morgan fingerprint density at radius 2 is 1.77 bits per heavy atom. The number of carbonyl (C=O) groups is 2. The van der Waals surface area contributed by atoms with Crippen LogP contribution >= 0.6 is 0 Å². The van der Waals surface area contributed by atoms with Gasteiger partial charge in [0.2, 0.25) is 5.91 Å². The van der Waals surface area contributed by atoms with Crippen LogP contribution in [0.1, 0.15) is 18.4 Å². The van der Waals surface area contributed by atoms with Crippen LogP contribution in [0, 0.1) is 6.92 Å². The number of anilines is 1. The van der Waals surface area contributed by atoms with Crippen LogP contribution in [0.4, 0.5) is 10.5 Å². The Morgan fingerprint density at radius 1 is 1.10 bits per heavy atom. The van der Waals surface area contributed by atoms with Crippen molar-refractivity contribution in [3.63, 3.8) is 0 Å². The van der Waals surface area contributed by atoms with Crippen molar-refractivity contribution in [2.24, 2.45) is 0 Å². The zero-order chi connectivity index (χ0) is 21.7. The molecule has 1 aliphatic rings. The van der Waals surface area contributed by atoms with Crippen molar-refractivity contribution in [2.75, 3.05) is 32.1 Å². The lowest BCUT2D eigenvalue weighted by Crippen LogP contribution is -2.48. The number of aryl methyl sites for hydroxylation is 1. The van der Waals surface area contributed by atoms with E-state index < -0.39 is 28.5 Å². The highest BCUT2D eigenvalue weighted by atomic mass is 32.2. The van der Waals surface area contributed by atoms with E-state index in [-0.39, 0.29) is 4.90 Å². The molecule has 2 aromatic carbocycles. The topological polar surface area (TPSA) is 96.0 Å². The molecule has 9 heteroatoms. The molecule has 1 fully saturated rings. The molecule has 30 heavy (non-hydrogen) atoms. The first-order valence-corrected chi connectivity index (χ1v) is 11.1. The summed E-state index contributed by atoms with van der Waals surface area (Å²) >= 11 is 0. The van der Waals surface area contributed by atoms with Gasteiger partial charge < -0.3 is 15.0 Å². The van der Waals surface area contributed by atoms with Crippen LogP contribution < -0.4 is 10.1 Å². The number of likely N-dealkylation sites (tertiary alicyclic amines) is 1. The smallest absolute Gasteiger partial charge is 0.334 e. The Kier molecular flexibility index (Phi) is 6.61. The molecular weight excluding hydrogens is 406 g/mol. The summed E-state index contributed by atoms with van der Waals surface area (Å²) in [7, 11) is -2.69. The number of carbonyl (C=O) groups excluding carboxylic acids is 2. The van der Waals surface area contributed by atoms with Gasteiger partial charge in [0.15, 0.2) is 0 Å². The number of urea groups is 1. The molecule has 1 aliphatic heterocycles. The first-order chi connectivity index (χ1) is 14.3. The summed E-state index contributed by atoms with van der Waals surface area (Å²) in [6.45, 7) is 2.15. The minimum atomic E-state index is -4.20. The van der Waals surface area contributed by atoms with Crippen LogP contribution in [0.5, 0.6) is 5.75 Å². The average molecular weight is 432 g/mol. The van der Waals surface area contributed by atoms with Gasteiger partial charge in [0.05, 0.1) is 12.0 Å². The van der Waals surface area contributed by atoms with E-state index in [1.54, 1.807) is 36.4 Å². The van der Waals surface area contributed by atoms with Crippen molar-refractivity contribution in [2.45, 2.75) is 24.7 Å². The first kappa shape index (κ1) is 21.6. The maximum absolute atomic E-state index is 13.2. The third-order valence-electron chi connectivity index (χ3n) is 4.84. The molecule has 3 rings (SSSR count). The van der Waals surface area contributed by atoms with Gasteiger partial charge in [0.1, 0.15) is 12.3 Å². The second-order valence-corrected chi connectivity index (χ2v) is 8.94. The van der Waals surface area contributed by atoms with Crippen molar-refractivity contribution in [1.29, 1.82) is 0 Å². The van der Waals surface area contributed by atoms with Gasteiger partial charge in [-0.15, -0.1) is 0 Å². The third-order valence-corrected chi connectivity index (χ3v) is 6.57. The molecule has 1 heterocycles. The fraction of sp³-hybridized carbons (Fsp3) is 0.333. The van der Waals surface area contributed by atoms with Crippen LogP contribution in [0.3, 0.4) is 0 Å². The van der Waals surface area contributed by atoms with E-state index in [0.29, 0.717) is 28.8 Å². The van der Waals surface area contributed by atoms with Gasteiger partial charge in [0.25, 0.3) is 10.0 Å². The minimum absolute atomic E-state index is 0.0326. The standard InChI is InChI=1S/C21H25N3O5S/c1-16-8-10-19(11-9-16)30(27,28)24(21(26)23-12-3-4-13-23)15-20(25)22-17-6-5-7-18(14-17)29-2/h5-11,14H,3-4,12-13,15H2,1-2H3,(H,22,25). The van der Waals surface area contributed by atoms with Gasteiger partial charge in [-0.3, -0.25) is 4.79 Å². The van der Waals surface area contributed by atoms with E-state index in [1.165, 1.54) is 24.1 Å². The molecule has 1 N–H and O–H groups in total. The molecule has 0 radical (unpaired) electrons. The predicted molar refractivity (Wildman–Crippen MR) is 113 cm³/mol. The van der Waals surface area contributed by atoms with E-state index in [0.717, 1.165) is 18.4 Å². The van der Waals surface area contributed by atoms with Crippen LogP contribution in [0.25, 0.3) is 0 Å². The molecule has 2 aromatic rings. The second-order valence-electron chi connectivity index (χ2n) is 7.08. The predicted octanol–water partition coefficient (Wildman–Crippen LogP) is 2.85. The lowest BCUT2D eigenvalue weighted by molar-refractivity contribution is -0.116. The normalized spacial score (nSPS) is 13.7. The largest absolute Gasteiger partial charge is 0.497 e. The van der Waals surface area contributed by atoms with E-state index in [9.17, 15) is 18.0 Å². The summed E-state index contributed by atoms with van der Waals surface area (Å²) in [4.78, 5) is 27.1. The van der Waals surface area contributed by atoms with Gasteiger partial charge in [-0.05, 0) is 44.0 Å². The van der Waals surface area contributed by atoms with E-state index in [4.69, 9.17) is 4.74 Å². The molecule has 160 valence electrons. The maximum atomic E-state index is 13.2. The summed E-state index contributed by atoms with van der Waals surface area (Å²) in [5.74, 6) is -0.0726. The molecule has 3 amide bonds. The quantitative estimate of drug-likeness (QED) is 0.759. The molecule has 0 atom stereocenters. The van der Waals surface area contributed by atoms with Gasteiger partial charge in [-0.2, -0.15) is 0 Å². The number of nitrogens with zero attached hydrogens (tertiary/aromatic N) is 2. The van der Waals surface area contributed by atoms with Crippen molar-refractivity contribution >= 4 is 27.6 Å². The number of benzene rings is 2. The fourth-order valence-corrected chi connectivity index (χ4v) is 4.53. The SMILES string of the molecule is COc1cccc(NC(=O)CN(C(=O)N2CCCC2)S(=O)(=O)c2ccc(C)cc2)c1. The average Bonchev–Trinajstić information content (AvgIpc) is 3.27. The fourth-order valence-electron chi connectivity index (χ4n) is 3.19. The Balaban J connectivity index is 1.86. The lowest BCUT2D eigenvalue weighted by Gasteiger charge is -2.27. The monoisotopic (exact) mass is 431 g/mol. The highest BCUT2D eigenvalue weighted by Gasteiger charge is 2.35. The number of ether oxygens (including phenoxy) is 1. The van der Waals surface area contributed by atoms with Crippen molar-refractivity contribution in [3.8, 4) is 5.75 Å². The van der Waals surface area contributed by atoms with E-state index in [2.05, 4.69) is 5.32 Å². The lowest BCUT2D eigenvalue weighted by atomic mass is 10.2. The molecule has 0 saturated carbocycles. The highest BCUT2D eigenvalue weighted by molar-refractivity contribution is 7.89. The minimum Gasteiger partial charge on any atom is -0.497 e. The van der Waals surface area contributed by atoms with Crippen LogP contribution in [-0.2, 0) is 14.8 Å². The number of sulfonamides is 1. The summed E-state index contributed by atoms with van der Waals surface area (Å²) in [6.07, 6.45) is 1.61. The Hall–Kier alpha value is -3.07. The molecule has 0 bridgehead atoms. The number of hydrogen-bond acceptors (Lipinski definition) is 5. The Labute approximate surface area is 176 Å².